The van der Waals surface area contributed by atoms with Gasteiger partial charge in [-0.2, -0.15) is 4.98 Å². The number of fused-ring (bicyclic) bond motifs is 1. The van der Waals surface area contributed by atoms with E-state index in [1.807, 2.05) is 7.05 Å². The molecule has 0 radical (unpaired) electrons. The summed E-state index contributed by atoms with van der Waals surface area (Å²) in [5.41, 5.74) is 0.240. The molecular weight excluding hydrogens is 298 g/mol. The Balaban J connectivity index is 1.81. The number of anilines is 1. The molecule has 1 spiro atoms. The number of ether oxygens (including phenoxy) is 1. The number of piperidine rings is 1. The second-order valence-electron chi connectivity index (χ2n) is 6.79. The number of aromatic nitrogens is 4. The molecule has 0 aromatic carbocycles. The van der Waals surface area contributed by atoms with Crippen molar-refractivity contribution >= 4 is 17.1 Å². The molecule has 0 amide bonds. The van der Waals surface area contributed by atoms with Gasteiger partial charge >= 0.3 is 5.69 Å². The Morgan fingerprint density at radius 3 is 2.78 bits per heavy atom. The molecule has 0 bridgehead atoms. The molecular formula is C15H21N5O3. The smallest absolute Gasteiger partial charge is 0.329 e. The third kappa shape index (κ3) is 2.12. The van der Waals surface area contributed by atoms with Crippen molar-refractivity contribution in [2.75, 3.05) is 31.2 Å². The highest BCUT2D eigenvalue weighted by Crippen LogP contribution is 2.39. The van der Waals surface area contributed by atoms with Gasteiger partial charge in [-0.3, -0.25) is 14.3 Å². The van der Waals surface area contributed by atoms with E-state index in [4.69, 9.17) is 4.74 Å². The van der Waals surface area contributed by atoms with Crippen LogP contribution in [0, 0.1) is 5.41 Å². The number of nitrogens with zero attached hydrogens (tertiary/aromatic N) is 4. The van der Waals surface area contributed by atoms with Gasteiger partial charge in [-0.15, -0.1) is 0 Å². The molecule has 2 aliphatic rings. The molecule has 1 N–H and O–H groups in total. The minimum absolute atomic E-state index is 0.203. The van der Waals surface area contributed by atoms with Crippen LogP contribution < -0.4 is 16.1 Å². The van der Waals surface area contributed by atoms with E-state index in [2.05, 4.69) is 14.9 Å². The molecule has 2 aliphatic heterocycles. The Hall–Kier alpha value is -2.09. The molecule has 124 valence electrons. The van der Waals surface area contributed by atoms with Crippen molar-refractivity contribution in [3.63, 3.8) is 0 Å². The molecule has 8 heteroatoms. The standard InChI is InChI=1S/C15H21N5O3/c1-18-10-11(19(2)14(22)17-12(10)21)16-13(18)20-6-3-4-15(8-20)5-7-23-9-15/h3-9H2,1-2H3,(H,17,21,22)/t15-/m1/s1. The van der Waals surface area contributed by atoms with Crippen molar-refractivity contribution in [2.45, 2.75) is 19.3 Å². The van der Waals surface area contributed by atoms with Crippen molar-refractivity contribution in [3.05, 3.63) is 20.8 Å². The molecule has 2 fully saturated rings. The molecule has 1 atom stereocenters. The topological polar surface area (TPSA) is 85.2 Å². The van der Waals surface area contributed by atoms with Gasteiger partial charge in [0.2, 0.25) is 5.95 Å². The van der Waals surface area contributed by atoms with Gasteiger partial charge in [0, 0.05) is 39.2 Å². The fourth-order valence-electron chi connectivity index (χ4n) is 3.93. The number of imidazole rings is 1. The van der Waals surface area contributed by atoms with Gasteiger partial charge in [-0.1, -0.05) is 0 Å². The normalized spacial score (nSPS) is 24.9. The van der Waals surface area contributed by atoms with E-state index < -0.39 is 5.69 Å². The van der Waals surface area contributed by atoms with E-state index in [1.165, 1.54) is 11.0 Å². The highest BCUT2D eigenvalue weighted by molar-refractivity contribution is 5.74. The predicted molar refractivity (Wildman–Crippen MR) is 85.9 cm³/mol. The average molecular weight is 319 g/mol. The fraction of sp³-hybridized carbons (Fsp3) is 0.667. The van der Waals surface area contributed by atoms with Crippen LogP contribution in [0.3, 0.4) is 0 Å². The van der Waals surface area contributed by atoms with Crippen LogP contribution in [0.2, 0.25) is 0 Å². The lowest BCUT2D eigenvalue weighted by atomic mass is 9.79. The summed E-state index contributed by atoms with van der Waals surface area (Å²) in [6.45, 7) is 3.41. The zero-order valence-electron chi connectivity index (χ0n) is 13.5. The number of aryl methyl sites for hydroxylation is 2. The van der Waals surface area contributed by atoms with E-state index in [0.717, 1.165) is 45.1 Å². The van der Waals surface area contributed by atoms with E-state index in [-0.39, 0.29) is 11.0 Å². The molecule has 8 nitrogen and oxygen atoms in total. The van der Waals surface area contributed by atoms with Gasteiger partial charge < -0.3 is 14.2 Å². The summed E-state index contributed by atoms with van der Waals surface area (Å²) in [6.07, 6.45) is 3.33. The van der Waals surface area contributed by atoms with Crippen LogP contribution in [0.25, 0.3) is 11.2 Å². The van der Waals surface area contributed by atoms with Gasteiger partial charge in [0.1, 0.15) is 0 Å². The molecule has 0 aliphatic carbocycles. The minimum atomic E-state index is -0.438. The summed E-state index contributed by atoms with van der Waals surface area (Å²) in [5, 5.41) is 0. The average Bonchev–Trinajstić information content (AvgIpc) is 3.10. The monoisotopic (exact) mass is 319 g/mol. The Bertz CT molecular complexity index is 872. The van der Waals surface area contributed by atoms with Crippen LogP contribution in [0.5, 0.6) is 0 Å². The first-order valence-electron chi connectivity index (χ1n) is 7.99. The van der Waals surface area contributed by atoms with Crippen LogP contribution in [0.15, 0.2) is 9.59 Å². The van der Waals surface area contributed by atoms with Gasteiger partial charge in [-0.05, 0) is 19.3 Å². The number of hydrogen-bond donors (Lipinski definition) is 1. The van der Waals surface area contributed by atoms with Crippen LogP contribution >= 0.6 is 0 Å². The lowest BCUT2D eigenvalue weighted by molar-refractivity contribution is 0.139. The molecule has 0 unspecified atom stereocenters. The molecule has 4 rings (SSSR count). The maximum absolute atomic E-state index is 12.2. The highest BCUT2D eigenvalue weighted by atomic mass is 16.5. The van der Waals surface area contributed by atoms with Gasteiger partial charge in [0.25, 0.3) is 5.56 Å². The molecule has 23 heavy (non-hydrogen) atoms. The van der Waals surface area contributed by atoms with Crippen molar-refractivity contribution in [1.82, 2.24) is 19.1 Å². The van der Waals surface area contributed by atoms with Crippen molar-refractivity contribution in [1.29, 1.82) is 0 Å². The molecule has 2 saturated heterocycles. The number of rotatable bonds is 1. The molecule has 4 heterocycles. The third-order valence-electron chi connectivity index (χ3n) is 5.24. The Morgan fingerprint density at radius 2 is 2.04 bits per heavy atom. The van der Waals surface area contributed by atoms with Crippen LogP contribution in [-0.4, -0.2) is 45.4 Å². The first-order chi connectivity index (χ1) is 11.0. The quantitative estimate of drug-likeness (QED) is 0.798. The predicted octanol–water partition coefficient (Wildman–Crippen LogP) is -0.0328. The van der Waals surface area contributed by atoms with Crippen LogP contribution in [-0.2, 0) is 18.8 Å². The summed E-state index contributed by atoms with van der Waals surface area (Å²) in [7, 11) is 3.46. The van der Waals surface area contributed by atoms with E-state index in [0.29, 0.717) is 11.2 Å². The molecule has 2 aromatic rings. The summed E-state index contributed by atoms with van der Waals surface area (Å²) in [5.74, 6) is 0.748. The maximum atomic E-state index is 12.2. The number of aromatic amines is 1. The second kappa shape index (κ2) is 4.95. The Labute approximate surface area is 132 Å². The van der Waals surface area contributed by atoms with Gasteiger partial charge in [0.05, 0.1) is 6.61 Å². The van der Waals surface area contributed by atoms with Crippen molar-refractivity contribution in [3.8, 4) is 0 Å². The SMILES string of the molecule is Cn1c(N2CCC[C@@]3(CCOC3)C2)nc2c1c(=O)[nH]c(=O)n2C. The fourth-order valence-corrected chi connectivity index (χ4v) is 3.93. The van der Waals surface area contributed by atoms with Gasteiger partial charge in [0.15, 0.2) is 11.2 Å². The minimum Gasteiger partial charge on any atom is -0.381 e. The van der Waals surface area contributed by atoms with E-state index >= 15 is 0 Å². The maximum Gasteiger partial charge on any atom is 0.329 e. The first kappa shape index (κ1) is 14.5. The van der Waals surface area contributed by atoms with Crippen molar-refractivity contribution < 1.29 is 4.74 Å². The third-order valence-corrected chi connectivity index (χ3v) is 5.24. The zero-order chi connectivity index (χ0) is 16.2. The number of nitrogens with one attached hydrogen (secondary N) is 1. The summed E-state index contributed by atoms with van der Waals surface area (Å²) in [4.78, 5) is 33.1. The second-order valence-corrected chi connectivity index (χ2v) is 6.79. The first-order valence-corrected chi connectivity index (χ1v) is 7.99. The highest BCUT2D eigenvalue weighted by Gasteiger charge is 2.40. The van der Waals surface area contributed by atoms with Crippen LogP contribution in [0.4, 0.5) is 5.95 Å². The van der Waals surface area contributed by atoms with Crippen LogP contribution in [0.1, 0.15) is 19.3 Å². The Kier molecular flexibility index (Phi) is 3.12. The van der Waals surface area contributed by atoms with Crippen molar-refractivity contribution in [2.24, 2.45) is 19.5 Å². The largest absolute Gasteiger partial charge is 0.381 e. The van der Waals surface area contributed by atoms with E-state index in [1.54, 1.807) is 11.6 Å². The summed E-state index contributed by atoms with van der Waals surface area (Å²) >= 11 is 0. The summed E-state index contributed by atoms with van der Waals surface area (Å²) < 4.78 is 8.79. The summed E-state index contributed by atoms with van der Waals surface area (Å²) in [6, 6.07) is 0. The molecule has 2 aromatic heterocycles. The molecule has 0 saturated carbocycles. The Morgan fingerprint density at radius 1 is 1.22 bits per heavy atom. The number of hydrogen-bond acceptors (Lipinski definition) is 5. The number of H-pyrrole nitrogens is 1. The lowest BCUT2D eigenvalue weighted by Crippen LogP contribution is -2.44. The van der Waals surface area contributed by atoms with E-state index in [9.17, 15) is 9.59 Å². The van der Waals surface area contributed by atoms with Gasteiger partial charge in [-0.25, -0.2) is 4.79 Å². The zero-order valence-corrected chi connectivity index (χ0v) is 13.5. The lowest BCUT2D eigenvalue weighted by Gasteiger charge is -2.39.